The number of hydrogen-bond donors (Lipinski definition) is 1. The quantitative estimate of drug-likeness (QED) is 0.517. The molecule has 0 aliphatic heterocycles. The minimum absolute atomic E-state index is 0.396. The molecule has 0 spiro atoms. The van der Waals surface area contributed by atoms with Crippen LogP contribution in [0.3, 0.4) is 0 Å². The summed E-state index contributed by atoms with van der Waals surface area (Å²) in [6.45, 7) is 0. The van der Waals surface area contributed by atoms with E-state index in [1.807, 2.05) is 0 Å². The first kappa shape index (κ1) is 7.89. The molecule has 1 aromatic rings. The largest absolute Gasteiger partial charge is 0.505 e. The molecule has 11 heavy (non-hydrogen) atoms. The molecule has 0 amide bonds. The minimum atomic E-state index is -0.703. The maximum Gasteiger partial charge on any atom is 0.165 e. The Morgan fingerprint density at radius 3 is 2.82 bits per heavy atom. The zero-order chi connectivity index (χ0) is 8.27. The van der Waals surface area contributed by atoms with Crippen LogP contribution >= 0.6 is 11.8 Å². The maximum atomic E-state index is 12.5. The lowest BCUT2D eigenvalue weighted by Crippen LogP contribution is -1.75. The lowest BCUT2D eigenvalue weighted by Gasteiger charge is -1.95. The Morgan fingerprint density at radius 2 is 2.27 bits per heavy atom. The van der Waals surface area contributed by atoms with E-state index in [0.29, 0.717) is 4.90 Å². The Bertz CT molecular complexity index is 308. The summed E-state index contributed by atoms with van der Waals surface area (Å²) in [6, 6.07) is 3.81. The third kappa shape index (κ3) is 1.85. The van der Waals surface area contributed by atoms with Gasteiger partial charge < -0.3 is 5.11 Å². The smallest absolute Gasteiger partial charge is 0.165 e. The lowest BCUT2D eigenvalue weighted by molar-refractivity contribution is 0.431. The van der Waals surface area contributed by atoms with Gasteiger partial charge in [0.15, 0.2) is 11.6 Å². The molecule has 0 heterocycles. The van der Waals surface area contributed by atoms with Crippen molar-refractivity contribution in [2.75, 3.05) is 0 Å². The maximum absolute atomic E-state index is 12.5. The molecule has 1 N–H and O–H groups in total. The highest BCUT2D eigenvalue weighted by Gasteiger charge is 2.00. The van der Waals surface area contributed by atoms with Crippen LogP contribution in [0.2, 0.25) is 0 Å². The molecule has 0 bridgehead atoms. The SMILES string of the molecule is N#CSc1ccc(O)c(F)c1. The Hall–Kier alpha value is -1.21. The van der Waals surface area contributed by atoms with Gasteiger partial charge in [0.2, 0.25) is 0 Å². The molecule has 1 aromatic carbocycles. The van der Waals surface area contributed by atoms with Gasteiger partial charge in [-0.15, -0.1) is 0 Å². The highest BCUT2D eigenvalue weighted by atomic mass is 32.2. The van der Waals surface area contributed by atoms with Gasteiger partial charge in [0.1, 0.15) is 5.40 Å². The van der Waals surface area contributed by atoms with Crippen molar-refractivity contribution in [2.24, 2.45) is 0 Å². The minimum Gasteiger partial charge on any atom is -0.505 e. The van der Waals surface area contributed by atoms with E-state index in [2.05, 4.69) is 0 Å². The Balaban J connectivity index is 2.98. The fourth-order valence-corrected chi connectivity index (χ4v) is 1.01. The lowest BCUT2D eigenvalue weighted by atomic mass is 10.3. The fourth-order valence-electron chi connectivity index (χ4n) is 0.604. The Labute approximate surface area is 67.3 Å². The van der Waals surface area contributed by atoms with Crippen molar-refractivity contribution in [3.63, 3.8) is 0 Å². The molecule has 0 saturated carbocycles. The van der Waals surface area contributed by atoms with Crippen molar-refractivity contribution >= 4 is 11.8 Å². The number of phenolic OH excluding ortho intramolecular Hbond substituents is 1. The molecule has 0 unspecified atom stereocenters. The summed E-state index contributed by atoms with van der Waals surface area (Å²) in [4.78, 5) is 0.489. The second-order valence-corrected chi connectivity index (χ2v) is 2.66. The molecule has 0 fully saturated rings. The van der Waals surface area contributed by atoms with Crippen molar-refractivity contribution in [3.05, 3.63) is 24.0 Å². The number of rotatable bonds is 1. The first-order valence-corrected chi connectivity index (χ1v) is 3.60. The summed E-state index contributed by atoms with van der Waals surface area (Å²) >= 11 is 0.853. The number of thiocyanates is 1. The van der Waals surface area contributed by atoms with Crippen LogP contribution in [0.1, 0.15) is 0 Å². The van der Waals surface area contributed by atoms with E-state index < -0.39 is 11.6 Å². The number of halogens is 1. The van der Waals surface area contributed by atoms with E-state index in [1.165, 1.54) is 12.1 Å². The van der Waals surface area contributed by atoms with Crippen LogP contribution < -0.4 is 0 Å². The topological polar surface area (TPSA) is 44.0 Å². The van der Waals surface area contributed by atoms with Crippen LogP contribution in [0.4, 0.5) is 4.39 Å². The fraction of sp³-hybridized carbons (Fsp3) is 0. The van der Waals surface area contributed by atoms with E-state index in [1.54, 1.807) is 5.40 Å². The predicted octanol–water partition coefficient (Wildman–Crippen LogP) is 2.10. The van der Waals surface area contributed by atoms with Crippen LogP contribution in [0.5, 0.6) is 5.75 Å². The van der Waals surface area contributed by atoms with Gasteiger partial charge in [-0.05, 0) is 30.0 Å². The second-order valence-electron chi connectivity index (χ2n) is 1.81. The molecule has 0 aliphatic carbocycles. The zero-order valence-electron chi connectivity index (χ0n) is 5.41. The van der Waals surface area contributed by atoms with Gasteiger partial charge in [-0.25, -0.2) is 4.39 Å². The summed E-state index contributed by atoms with van der Waals surface area (Å²) in [5.41, 5.74) is 0. The van der Waals surface area contributed by atoms with Crippen LogP contribution in [0.15, 0.2) is 23.1 Å². The molecule has 56 valence electrons. The Kier molecular flexibility index (Phi) is 2.34. The van der Waals surface area contributed by atoms with Gasteiger partial charge in [0.05, 0.1) is 0 Å². The third-order valence-corrected chi connectivity index (χ3v) is 1.66. The van der Waals surface area contributed by atoms with Crippen LogP contribution in [0.25, 0.3) is 0 Å². The molecular formula is C7H4FNOS. The zero-order valence-corrected chi connectivity index (χ0v) is 6.23. The second kappa shape index (κ2) is 3.26. The van der Waals surface area contributed by atoms with Gasteiger partial charge in [-0.2, -0.15) is 5.26 Å². The first-order valence-electron chi connectivity index (χ1n) is 2.78. The van der Waals surface area contributed by atoms with Crippen molar-refractivity contribution < 1.29 is 9.50 Å². The van der Waals surface area contributed by atoms with E-state index in [9.17, 15) is 4.39 Å². The molecule has 2 nitrogen and oxygen atoms in total. The van der Waals surface area contributed by atoms with Crippen molar-refractivity contribution in [2.45, 2.75) is 4.90 Å². The van der Waals surface area contributed by atoms with Gasteiger partial charge in [-0.1, -0.05) is 0 Å². The molecule has 4 heteroatoms. The number of nitriles is 1. The van der Waals surface area contributed by atoms with Crippen LogP contribution in [0, 0.1) is 16.5 Å². The van der Waals surface area contributed by atoms with Crippen molar-refractivity contribution in [3.8, 4) is 11.2 Å². The number of benzene rings is 1. The molecular weight excluding hydrogens is 165 g/mol. The average Bonchev–Trinajstić information content (AvgIpc) is 1.98. The third-order valence-electron chi connectivity index (χ3n) is 1.08. The van der Waals surface area contributed by atoms with Crippen LogP contribution in [-0.4, -0.2) is 5.11 Å². The summed E-state index contributed by atoms with van der Waals surface area (Å²) in [5.74, 6) is -1.10. The molecule has 0 atom stereocenters. The average molecular weight is 169 g/mol. The molecule has 0 radical (unpaired) electrons. The van der Waals surface area contributed by atoms with E-state index in [0.717, 1.165) is 17.8 Å². The van der Waals surface area contributed by atoms with E-state index in [4.69, 9.17) is 10.4 Å². The van der Waals surface area contributed by atoms with Gasteiger partial charge in [-0.3, -0.25) is 0 Å². The van der Waals surface area contributed by atoms with Gasteiger partial charge in [0, 0.05) is 4.90 Å². The highest BCUT2D eigenvalue weighted by molar-refractivity contribution is 8.03. The van der Waals surface area contributed by atoms with Gasteiger partial charge >= 0.3 is 0 Å². The Morgan fingerprint density at radius 1 is 1.55 bits per heavy atom. The number of hydrogen-bond acceptors (Lipinski definition) is 3. The molecule has 0 aliphatic rings. The number of aromatic hydroxyl groups is 1. The monoisotopic (exact) mass is 169 g/mol. The summed E-state index contributed by atoms with van der Waals surface area (Å²) < 4.78 is 12.5. The number of phenols is 1. The van der Waals surface area contributed by atoms with Crippen LogP contribution in [-0.2, 0) is 0 Å². The number of nitrogens with zero attached hydrogens (tertiary/aromatic N) is 1. The molecule has 1 rings (SSSR count). The highest BCUT2D eigenvalue weighted by Crippen LogP contribution is 2.22. The normalized spacial score (nSPS) is 9.09. The number of thioether (sulfide) groups is 1. The first-order chi connectivity index (χ1) is 5.24. The van der Waals surface area contributed by atoms with E-state index >= 15 is 0 Å². The van der Waals surface area contributed by atoms with Crippen molar-refractivity contribution in [1.29, 1.82) is 5.26 Å². The van der Waals surface area contributed by atoms with Gasteiger partial charge in [0.25, 0.3) is 0 Å². The standard InChI is InChI=1S/C7H4FNOS/c8-6-3-5(11-4-9)1-2-7(6)10/h1-3,10H. The molecule has 0 saturated heterocycles. The van der Waals surface area contributed by atoms with E-state index in [-0.39, 0.29) is 0 Å². The van der Waals surface area contributed by atoms with Crippen molar-refractivity contribution in [1.82, 2.24) is 0 Å². The summed E-state index contributed by atoms with van der Waals surface area (Å²) in [7, 11) is 0. The summed E-state index contributed by atoms with van der Waals surface area (Å²) in [6.07, 6.45) is 0. The summed E-state index contributed by atoms with van der Waals surface area (Å²) in [5, 5.41) is 18.8. The predicted molar refractivity (Wildman–Crippen MR) is 39.5 cm³/mol. The molecule has 0 aromatic heterocycles.